The molecule has 0 nitrogen and oxygen atoms in total. The van der Waals surface area contributed by atoms with Crippen LogP contribution in [0.15, 0.2) is 206 Å². The molecule has 2 heteroatoms. The Labute approximate surface area is 344 Å². The Bertz CT molecular complexity index is 3230. The quantitative estimate of drug-likeness (QED) is 0.0897. The second-order valence-corrected chi connectivity index (χ2v) is 20.6. The van der Waals surface area contributed by atoms with Gasteiger partial charge in [-0.15, -0.1) is 11.3 Å². The largest absolute Gasteiger partial charge is 0.179 e. The third kappa shape index (κ3) is 5.40. The maximum absolute atomic E-state index is 2.66. The SMILES string of the molecule is Cc1ccc2c(-c3cccc4c3sc3cc5ccccc5cc34)c3cc(C)ccc3c(-c3ccc([Si](c4ccccc4)(c4ccccc4)c4ccccc4)cc3)c2c1. The zero-order chi connectivity index (χ0) is 38.8. The maximum atomic E-state index is 2.44. The minimum atomic E-state index is -2.66. The van der Waals surface area contributed by atoms with Crippen molar-refractivity contribution in [1.29, 1.82) is 0 Å². The standard InChI is InChI=1S/C56H40SSi/c1-37-26-32-47-51(33-37)54(39-27-29-45(30-28-39)58(42-17-6-3-7-18-42,43-19-8-4-9-20-43)44-21-10-5-11-22-44)46-31-25-38(2)34-52(46)55(47)49-24-14-23-48-50-35-40-15-12-13-16-41(40)36-53(50)57-56(48)49/h3-36H,1-2H3. The highest BCUT2D eigenvalue weighted by Crippen LogP contribution is 2.48. The number of benzene rings is 10. The molecular formula is C56H40SSi. The fraction of sp³-hybridized carbons (Fsp3) is 0.0357. The Balaban J connectivity index is 1.17. The van der Waals surface area contributed by atoms with Gasteiger partial charge in [-0.1, -0.05) is 205 Å². The van der Waals surface area contributed by atoms with Gasteiger partial charge in [-0.25, -0.2) is 0 Å². The topological polar surface area (TPSA) is 0 Å². The fourth-order valence-electron chi connectivity index (χ4n) is 9.69. The molecule has 0 amide bonds. The minimum Gasteiger partial charge on any atom is -0.135 e. The normalized spacial score (nSPS) is 12.0. The summed E-state index contributed by atoms with van der Waals surface area (Å²) in [6.07, 6.45) is 0. The summed E-state index contributed by atoms with van der Waals surface area (Å²) in [5, 5.41) is 15.9. The molecule has 0 aliphatic rings. The van der Waals surface area contributed by atoms with Gasteiger partial charge < -0.3 is 0 Å². The summed E-state index contributed by atoms with van der Waals surface area (Å²) in [6, 6.07) is 77.8. The van der Waals surface area contributed by atoms with Crippen LogP contribution in [0.3, 0.4) is 0 Å². The van der Waals surface area contributed by atoms with Crippen molar-refractivity contribution in [3.63, 3.8) is 0 Å². The van der Waals surface area contributed by atoms with Crippen molar-refractivity contribution < 1.29 is 0 Å². The van der Waals surface area contributed by atoms with Crippen molar-refractivity contribution in [2.24, 2.45) is 0 Å². The fourth-order valence-corrected chi connectivity index (χ4v) is 15.7. The third-order valence-electron chi connectivity index (χ3n) is 12.3. The van der Waals surface area contributed by atoms with E-state index in [2.05, 4.69) is 220 Å². The molecule has 0 N–H and O–H groups in total. The lowest BCUT2D eigenvalue weighted by atomic mass is 9.84. The average molecular weight is 773 g/mol. The number of aryl methyl sites for hydroxylation is 2. The van der Waals surface area contributed by atoms with E-state index in [1.165, 1.54) is 107 Å². The molecule has 0 atom stereocenters. The van der Waals surface area contributed by atoms with Gasteiger partial charge in [0, 0.05) is 25.7 Å². The van der Waals surface area contributed by atoms with E-state index >= 15 is 0 Å². The van der Waals surface area contributed by atoms with Crippen molar-refractivity contribution >= 4 is 92.6 Å². The molecular weight excluding hydrogens is 733 g/mol. The van der Waals surface area contributed by atoms with E-state index in [9.17, 15) is 0 Å². The van der Waals surface area contributed by atoms with Crippen LogP contribution in [0.2, 0.25) is 0 Å². The molecule has 0 saturated heterocycles. The summed E-state index contributed by atoms with van der Waals surface area (Å²) < 4.78 is 2.68. The van der Waals surface area contributed by atoms with Crippen LogP contribution in [0.5, 0.6) is 0 Å². The Kier molecular flexibility index (Phi) is 8.25. The molecule has 11 rings (SSSR count). The average Bonchev–Trinajstić information content (AvgIpc) is 3.64. The van der Waals surface area contributed by atoms with Crippen molar-refractivity contribution in [1.82, 2.24) is 0 Å². The van der Waals surface area contributed by atoms with Gasteiger partial charge in [-0.3, -0.25) is 0 Å². The first kappa shape index (κ1) is 34.6. The minimum absolute atomic E-state index is 1.24. The number of rotatable bonds is 6. The van der Waals surface area contributed by atoms with Gasteiger partial charge in [-0.05, 0) is 95.7 Å². The summed E-state index contributed by atoms with van der Waals surface area (Å²) in [7, 11) is -2.66. The third-order valence-corrected chi connectivity index (χ3v) is 18.3. The Morgan fingerprint density at radius 1 is 0.345 bits per heavy atom. The van der Waals surface area contributed by atoms with E-state index < -0.39 is 8.07 Å². The van der Waals surface area contributed by atoms with E-state index in [0.29, 0.717) is 0 Å². The van der Waals surface area contributed by atoms with Crippen LogP contribution < -0.4 is 20.7 Å². The molecule has 1 aromatic heterocycles. The van der Waals surface area contributed by atoms with Gasteiger partial charge in [-0.2, -0.15) is 0 Å². The molecule has 0 aliphatic carbocycles. The van der Waals surface area contributed by atoms with Gasteiger partial charge in [0.15, 0.2) is 8.07 Å². The lowest BCUT2D eigenvalue weighted by Crippen LogP contribution is -2.74. The van der Waals surface area contributed by atoms with Crippen LogP contribution in [0.1, 0.15) is 11.1 Å². The summed E-state index contributed by atoms with van der Waals surface area (Å²) in [5.74, 6) is 0. The molecule has 0 spiro atoms. The van der Waals surface area contributed by atoms with Crippen molar-refractivity contribution in [2.75, 3.05) is 0 Å². The first-order chi connectivity index (χ1) is 28.6. The second-order valence-electron chi connectivity index (χ2n) is 15.8. The number of hydrogen-bond acceptors (Lipinski definition) is 1. The lowest BCUT2D eigenvalue weighted by Gasteiger charge is -2.34. The zero-order valence-electron chi connectivity index (χ0n) is 32.5. The molecule has 58 heavy (non-hydrogen) atoms. The molecule has 1 heterocycles. The van der Waals surface area contributed by atoms with Crippen LogP contribution in [-0.4, -0.2) is 8.07 Å². The molecule has 0 bridgehead atoms. The van der Waals surface area contributed by atoms with Gasteiger partial charge >= 0.3 is 0 Å². The molecule has 0 radical (unpaired) electrons. The van der Waals surface area contributed by atoms with Crippen molar-refractivity contribution in [2.45, 2.75) is 13.8 Å². The van der Waals surface area contributed by atoms with Crippen LogP contribution in [0.4, 0.5) is 0 Å². The Morgan fingerprint density at radius 2 is 0.845 bits per heavy atom. The molecule has 11 aromatic rings. The molecule has 0 aliphatic heterocycles. The van der Waals surface area contributed by atoms with Gasteiger partial charge in [0.2, 0.25) is 0 Å². The lowest BCUT2D eigenvalue weighted by molar-refractivity contribution is 1.49. The van der Waals surface area contributed by atoms with Crippen LogP contribution in [-0.2, 0) is 0 Å². The predicted molar refractivity (Wildman–Crippen MR) is 256 cm³/mol. The van der Waals surface area contributed by atoms with Gasteiger partial charge in [0.1, 0.15) is 0 Å². The van der Waals surface area contributed by atoms with E-state index in [4.69, 9.17) is 0 Å². The summed E-state index contributed by atoms with van der Waals surface area (Å²) in [4.78, 5) is 0. The summed E-state index contributed by atoms with van der Waals surface area (Å²) in [5.41, 5.74) is 7.69. The highest BCUT2D eigenvalue weighted by atomic mass is 32.1. The van der Waals surface area contributed by atoms with Crippen molar-refractivity contribution in [3.05, 3.63) is 217 Å². The van der Waals surface area contributed by atoms with Crippen molar-refractivity contribution in [3.8, 4) is 22.3 Å². The predicted octanol–water partition coefficient (Wildman–Crippen LogP) is 12.8. The molecule has 0 fully saturated rings. The first-order valence-corrected chi connectivity index (χ1v) is 23.0. The Hall–Kier alpha value is -6.58. The molecule has 0 unspecified atom stereocenters. The van der Waals surface area contributed by atoms with Crippen LogP contribution >= 0.6 is 11.3 Å². The smallest absolute Gasteiger partial charge is 0.135 e. The van der Waals surface area contributed by atoms with Gasteiger partial charge in [0.05, 0.1) is 0 Å². The van der Waals surface area contributed by atoms with Crippen LogP contribution in [0, 0.1) is 13.8 Å². The zero-order valence-corrected chi connectivity index (χ0v) is 34.4. The van der Waals surface area contributed by atoms with E-state index in [0.717, 1.165) is 0 Å². The monoisotopic (exact) mass is 772 g/mol. The van der Waals surface area contributed by atoms with E-state index in [1.54, 1.807) is 0 Å². The maximum Gasteiger partial charge on any atom is 0.179 e. The van der Waals surface area contributed by atoms with E-state index in [-0.39, 0.29) is 0 Å². The van der Waals surface area contributed by atoms with Crippen LogP contribution in [0.25, 0.3) is 74.7 Å². The molecule has 274 valence electrons. The number of hydrogen-bond donors (Lipinski definition) is 0. The first-order valence-electron chi connectivity index (χ1n) is 20.2. The highest BCUT2D eigenvalue weighted by molar-refractivity contribution is 7.26. The summed E-state index contributed by atoms with van der Waals surface area (Å²) in [6.45, 7) is 4.45. The summed E-state index contributed by atoms with van der Waals surface area (Å²) >= 11 is 1.93. The number of fused-ring (bicyclic) bond motifs is 6. The highest BCUT2D eigenvalue weighted by Gasteiger charge is 2.41. The molecule has 0 saturated carbocycles. The van der Waals surface area contributed by atoms with E-state index in [1.807, 2.05) is 11.3 Å². The number of thiophene rings is 1. The second kappa shape index (κ2) is 13.8. The van der Waals surface area contributed by atoms with Gasteiger partial charge in [0.25, 0.3) is 0 Å². The molecule has 10 aromatic carbocycles. The Morgan fingerprint density at radius 3 is 1.43 bits per heavy atom.